The molecular formula is C8H14N4O. The van der Waals surface area contributed by atoms with Gasteiger partial charge in [0.25, 0.3) is 0 Å². The van der Waals surface area contributed by atoms with E-state index in [0.29, 0.717) is 5.95 Å². The van der Waals surface area contributed by atoms with Gasteiger partial charge >= 0.3 is 0 Å². The van der Waals surface area contributed by atoms with E-state index >= 15 is 0 Å². The lowest BCUT2D eigenvalue weighted by atomic mass is 10.1. The van der Waals surface area contributed by atoms with Gasteiger partial charge < -0.3 is 10.3 Å². The van der Waals surface area contributed by atoms with Crippen LogP contribution in [0.5, 0.6) is 0 Å². The van der Waals surface area contributed by atoms with E-state index < -0.39 is 5.54 Å². The smallest absolute Gasteiger partial charge is 0.246 e. The highest BCUT2D eigenvalue weighted by Crippen LogP contribution is 2.05. The quantitative estimate of drug-likeness (QED) is 0.631. The maximum atomic E-state index is 11.5. The SMILES string of the molecule is CNC(C)(C)C(=O)Nc1ncc[nH]1. The third-order valence-electron chi connectivity index (χ3n) is 1.92. The van der Waals surface area contributed by atoms with E-state index in [9.17, 15) is 4.79 Å². The normalized spacial score (nSPS) is 11.3. The molecule has 0 aliphatic rings. The number of imidazole rings is 1. The maximum Gasteiger partial charge on any atom is 0.246 e. The number of likely N-dealkylation sites (N-methyl/N-ethyl adjacent to an activating group) is 1. The number of nitrogens with one attached hydrogen (secondary N) is 3. The van der Waals surface area contributed by atoms with Gasteiger partial charge in [0.2, 0.25) is 11.9 Å². The summed E-state index contributed by atoms with van der Waals surface area (Å²) in [4.78, 5) is 18.2. The van der Waals surface area contributed by atoms with Crippen molar-refractivity contribution in [1.82, 2.24) is 15.3 Å². The minimum atomic E-state index is -0.590. The van der Waals surface area contributed by atoms with Gasteiger partial charge in [0.05, 0.1) is 5.54 Å². The van der Waals surface area contributed by atoms with E-state index in [1.54, 1.807) is 33.3 Å². The molecule has 1 rings (SSSR count). The summed E-state index contributed by atoms with van der Waals surface area (Å²) in [6.45, 7) is 3.59. The summed E-state index contributed by atoms with van der Waals surface area (Å²) in [5, 5.41) is 5.54. The van der Waals surface area contributed by atoms with E-state index in [0.717, 1.165) is 0 Å². The predicted octanol–water partition coefficient (Wildman–Crippen LogP) is 0.346. The van der Waals surface area contributed by atoms with Crippen LogP contribution in [0.2, 0.25) is 0 Å². The summed E-state index contributed by atoms with van der Waals surface area (Å²) in [5.41, 5.74) is -0.590. The zero-order chi connectivity index (χ0) is 9.90. The van der Waals surface area contributed by atoms with Crippen molar-refractivity contribution in [3.8, 4) is 0 Å². The zero-order valence-electron chi connectivity index (χ0n) is 8.01. The van der Waals surface area contributed by atoms with E-state index in [1.807, 2.05) is 0 Å². The average Bonchev–Trinajstić information content (AvgIpc) is 2.57. The number of anilines is 1. The molecule has 0 saturated carbocycles. The number of carbonyl (C=O) groups is 1. The number of aromatic amines is 1. The lowest BCUT2D eigenvalue weighted by Crippen LogP contribution is -2.48. The molecule has 1 heterocycles. The first-order valence-corrected chi connectivity index (χ1v) is 4.06. The van der Waals surface area contributed by atoms with Gasteiger partial charge in [-0.2, -0.15) is 0 Å². The van der Waals surface area contributed by atoms with Crippen LogP contribution in [0.25, 0.3) is 0 Å². The van der Waals surface area contributed by atoms with E-state index in [1.165, 1.54) is 0 Å². The molecule has 0 aliphatic carbocycles. The van der Waals surface area contributed by atoms with Crippen molar-refractivity contribution in [2.24, 2.45) is 0 Å². The highest BCUT2D eigenvalue weighted by atomic mass is 16.2. The van der Waals surface area contributed by atoms with Crippen LogP contribution in [0.4, 0.5) is 5.95 Å². The summed E-state index contributed by atoms with van der Waals surface area (Å²) in [6.07, 6.45) is 3.24. The second-order valence-electron chi connectivity index (χ2n) is 3.27. The standard InChI is InChI=1S/C8H14N4O/c1-8(2,9-3)6(13)12-7-10-4-5-11-7/h4-5,9H,1-3H3,(H2,10,11,12,13). The minimum Gasteiger partial charge on any atom is -0.331 e. The van der Waals surface area contributed by atoms with Crippen LogP contribution in [0.1, 0.15) is 13.8 Å². The van der Waals surface area contributed by atoms with Crippen LogP contribution in [-0.2, 0) is 4.79 Å². The summed E-state index contributed by atoms with van der Waals surface area (Å²) in [6, 6.07) is 0. The van der Waals surface area contributed by atoms with E-state index in [2.05, 4.69) is 20.6 Å². The maximum absolute atomic E-state index is 11.5. The molecule has 0 fully saturated rings. The Bertz CT molecular complexity index is 278. The van der Waals surface area contributed by atoms with Crippen molar-refractivity contribution in [2.45, 2.75) is 19.4 Å². The number of hydrogen-bond acceptors (Lipinski definition) is 3. The lowest BCUT2D eigenvalue weighted by molar-refractivity contribution is -0.121. The summed E-state index contributed by atoms with van der Waals surface area (Å²) in [7, 11) is 1.74. The summed E-state index contributed by atoms with van der Waals surface area (Å²) < 4.78 is 0. The van der Waals surface area contributed by atoms with Crippen molar-refractivity contribution in [3.05, 3.63) is 12.4 Å². The van der Waals surface area contributed by atoms with Gasteiger partial charge in [-0.1, -0.05) is 0 Å². The van der Waals surface area contributed by atoms with Gasteiger partial charge in [-0.15, -0.1) is 0 Å². The molecule has 0 unspecified atom stereocenters. The third-order valence-corrected chi connectivity index (χ3v) is 1.92. The van der Waals surface area contributed by atoms with Crippen LogP contribution in [0.15, 0.2) is 12.4 Å². The second-order valence-corrected chi connectivity index (χ2v) is 3.27. The van der Waals surface area contributed by atoms with Gasteiger partial charge in [0, 0.05) is 12.4 Å². The number of carbonyl (C=O) groups excluding carboxylic acids is 1. The highest BCUT2D eigenvalue weighted by Gasteiger charge is 2.25. The van der Waals surface area contributed by atoms with Gasteiger partial charge in [-0.05, 0) is 20.9 Å². The molecule has 13 heavy (non-hydrogen) atoms. The van der Waals surface area contributed by atoms with Crippen molar-refractivity contribution in [2.75, 3.05) is 12.4 Å². The van der Waals surface area contributed by atoms with Crippen LogP contribution in [-0.4, -0.2) is 28.5 Å². The second kappa shape index (κ2) is 3.57. The molecule has 0 radical (unpaired) electrons. The molecule has 5 heteroatoms. The Morgan fingerprint density at radius 3 is 2.77 bits per heavy atom. The van der Waals surface area contributed by atoms with Crippen LogP contribution >= 0.6 is 0 Å². The van der Waals surface area contributed by atoms with Crippen LogP contribution in [0, 0.1) is 0 Å². The molecule has 0 aromatic carbocycles. The van der Waals surface area contributed by atoms with Crippen molar-refractivity contribution >= 4 is 11.9 Å². The first kappa shape index (κ1) is 9.73. The average molecular weight is 182 g/mol. The lowest BCUT2D eigenvalue weighted by Gasteiger charge is -2.21. The molecule has 72 valence electrons. The molecule has 0 atom stereocenters. The highest BCUT2D eigenvalue weighted by molar-refractivity contribution is 5.96. The topological polar surface area (TPSA) is 69.8 Å². The fourth-order valence-electron chi connectivity index (χ4n) is 0.711. The molecule has 3 N–H and O–H groups in total. The van der Waals surface area contributed by atoms with Gasteiger partial charge in [-0.25, -0.2) is 4.98 Å². The Kier molecular flexibility index (Phi) is 2.67. The first-order valence-electron chi connectivity index (χ1n) is 4.06. The Labute approximate surface area is 76.9 Å². The predicted molar refractivity (Wildman–Crippen MR) is 50.4 cm³/mol. The molecule has 0 spiro atoms. The number of aromatic nitrogens is 2. The number of H-pyrrole nitrogens is 1. The third kappa shape index (κ3) is 2.29. The number of nitrogens with zero attached hydrogens (tertiary/aromatic N) is 1. The number of hydrogen-bond donors (Lipinski definition) is 3. The van der Waals surface area contributed by atoms with Crippen molar-refractivity contribution in [3.63, 3.8) is 0 Å². The molecule has 0 bridgehead atoms. The molecule has 1 aromatic heterocycles. The van der Waals surface area contributed by atoms with Gasteiger partial charge in [0.1, 0.15) is 0 Å². The fraction of sp³-hybridized carbons (Fsp3) is 0.500. The zero-order valence-corrected chi connectivity index (χ0v) is 8.01. The van der Waals surface area contributed by atoms with E-state index in [4.69, 9.17) is 0 Å². The monoisotopic (exact) mass is 182 g/mol. The van der Waals surface area contributed by atoms with E-state index in [-0.39, 0.29) is 5.91 Å². The molecule has 1 aromatic rings. The summed E-state index contributed by atoms with van der Waals surface area (Å²) >= 11 is 0. The number of amides is 1. The Hall–Kier alpha value is -1.36. The van der Waals surface area contributed by atoms with Crippen molar-refractivity contribution < 1.29 is 4.79 Å². The Morgan fingerprint density at radius 1 is 1.62 bits per heavy atom. The molecule has 5 nitrogen and oxygen atoms in total. The van der Waals surface area contributed by atoms with Gasteiger partial charge in [-0.3, -0.25) is 10.1 Å². The van der Waals surface area contributed by atoms with Crippen molar-refractivity contribution in [1.29, 1.82) is 0 Å². The number of rotatable bonds is 3. The van der Waals surface area contributed by atoms with Crippen LogP contribution < -0.4 is 10.6 Å². The summed E-state index contributed by atoms with van der Waals surface area (Å²) in [5.74, 6) is 0.346. The molecule has 0 aliphatic heterocycles. The molecule has 1 amide bonds. The molecule has 0 saturated heterocycles. The largest absolute Gasteiger partial charge is 0.331 e. The fourth-order valence-corrected chi connectivity index (χ4v) is 0.711. The molecular weight excluding hydrogens is 168 g/mol. The Morgan fingerprint density at radius 2 is 2.31 bits per heavy atom. The Balaban J connectivity index is 2.61. The first-order chi connectivity index (χ1) is 6.06. The van der Waals surface area contributed by atoms with Crippen LogP contribution in [0.3, 0.4) is 0 Å². The minimum absolute atomic E-state index is 0.120. The van der Waals surface area contributed by atoms with Gasteiger partial charge in [0.15, 0.2) is 0 Å².